The molecule has 0 saturated heterocycles. The zero-order valence-electron chi connectivity index (χ0n) is 14.4. The third-order valence-electron chi connectivity index (χ3n) is 3.62. The summed E-state index contributed by atoms with van der Waals surface area (Å²) in [5, 5.41) is 10.1. The van der Waals surface area contributed by atoms with Crippen molar-refractivity contribution in [3.05, 3.63) is 51.4 Å². The van der Waals surface area contributed by atoms with Crippen LogP contribution in [0.15, 0.2) is 39.6 Å². The number of carbonyl (C=O) groups excluding carboxylic acids is 1. The molecule has 7 nitrogen and oxygen atoms in total. The number of benzene rings is 1. The highest BCUT2D eigenvalue weighted by molar-refractivity contribution is 7.98. The van der Waals surface area contributed by atoms with E-state index in [-0.39, 0.29) is 11.7 Å². The van der Waals surface area contributed by atoms with E-state index in [0.717, 1.165) is 22.7 Å². The van der Waals surface area contributed by atoms with Gasteiger partial charge in [-0.05, 0) is 18.6 Å². The van der Waals surface area contributed by atoms with Crippen LogP contribution in [0.4, 0.5) is 0 Å². The van der Waals surface area contributed by atoms with Crippen molar-refractivity contribution < 1.29 is 9.53 Å². The molecule has 0 aliphatic heterocycles. The van der Waals surface area contributed by atoms with Gasteiger partial charge in [-0.3, -0.25) is 4.57 Å². The van der Waals surface area contributed by atoms with Crippen molar-refractivity contribution in [2.75, 3.05) is 7.11 Å². The summed E-state index contributed by atoms with van der Waals surface area (Å²) in [5.74, 6) is 0.273. The monoisotopic (exact) mass is 390 g/mol. The van der Waals surface area contributed by atoms with Gasteiger partial charge >= 0.3 is 11.7 Å². The van der Waals surface area contributed by atoms with Crippen molar-refractivity contribution in [2.45, 2.75) is 30.8 Å². The van der Waals surface area contributed by atoms with Gasteiger partial charge in [0.15, 0.2) is 5.16 Å². The van der Waals surface area contributed by atoms with E-state index in [2.05, 4.69) is 15.2 Å². The SMILES string of the molecule is CCCn1c(SCc2csc(-c3ccc(C(=O)OC)cc3)n2)n[nH]c1=O. The Bertz CT molecular complexity index is 944. The first-order valence-electron chi connectivity index (χ1n) is 8.03. The summed E-state index contributed by atoms with van der Waals surface area (Å²) in [4.78, 5) is 27.8. The fourth-order valence-corrected chi connectivity index (χ4v) is 4.14. The minimum absolute atomic E-state index is 0.181. The molecule has 136 valence electrons. The lowest BCUT2D eigenvalue weighted by atomic mass is 10.1. The van der Waals surface area contributed by atoms with Crippen LogP contribution in [0.3, 0.4) is 0 Å². The second-order valence-electron chi connectivity index (χ2n) is 5.46. The molecule has 0 spiro atoms. The Morgan fingerprint density at radius 1 is 1.35 bits per heavy atom. The van der Waals surface area contributed by atoms with E-state index < -0.39 is 0 Å². The number of hydrogen-bond donors (Lipinski definition) is 1. The lowest BCUT2D eigenvalue weighted by molar-refractivity contribution is 0.0601. The van der Waals surface area contributed by atoms with Gasteiger partial charge in [-0.2, -0.15) is 0 Å². The number of H-pyrrole nitrogens is 1. The third kappa shape index (κ3) is 4.05. The van der Waals surface area contributed by atoms with Gasteiger partial charge in [0.05, 0.1) is 18.4 Å². The van der Waals surface area contributed by atoms with E-state index >= 15 is 0 Å². The van der Waals surface area contributed by atoms with Crippen molar-refractivity contribution in [3.63, 3.8) is 0 Å². The maximum absolute atomic E-state index is 11.7. The first-order valence-corrected chi connectivity index (χ1v) is 9.90. The fraction of sp³-hybridized carbons (Fsp3) is 0.294. The number of aromatic amines is 1. The summed E-state index contributed by atoms with van der Waals surface area (Å²) in [6, 6.07) is 7.16. The topological polar surface area (TPSA) is 89.9 Å². The van der Waals surface area contributed by atoms with Crippen molar-refractivity contribution in [3.8, 4) is 10.6 Å². The van der Waals surface area contributed by atoms with Crippen molar-refractivity contribution in [1.82, 2.24) is 19.7 Å². The predicted molar refractivity (Wildman–Crippen MR) is 102 cm³/mol. The van der Waals surface area contributed by atoms with Crippen molar-refractivity contribution >= 4 is 29.1 Å². The third-order valence-corrected chi connectivity index (χ3v) is 5.57. The first kappa shape index (κ1) is 18.4. The van der Waals surface area contributed by atoms with E-state index in [9.17, 15) is 9.59 Å². The van der Waals surface area contributed by atoms with Crippen LogP contribution in [-0.4, -0.2) is 32.8 Å². The molecule has 1 aromatic carbocycles. The smallest absolute Gasteiger partial charge is 0.343 e. The van der Waals surface area contributed by atoms with Crippen LogP contribution in [-0.2, 0) is 17.0 Å². The summed E-state index contributed by atoms with van der Waals surface area (Å²) in [6.07, 6.45) is 0.870. The maximum atomic E-state index is 11.7. The van der Waals surface area contributed by atoms with Gasteiger partial charge in [0.25, 0.3) is 0 Å². The number of esters is 1. The molecule has 1 N–H and O–H groups in total. The molecule has 3 rings (SSSR count). The molecule has 26 heavy (non-hydrogen) atoms. The Hall–Kier alpha value is -2.39. The Morgan fingerprint density at radius 2 is 2.12 bits per heavy atom. The maximum Gasteiger partial charge on any atom is 0.343 e. The molecule has 0 aliphatic carbocycles. The molecule has 0 amide bonds. The van der Waals surface area contributed by atoms with E-state index in [1.807, 2.05) is 24.4 Å². The zero-order chi connectivity index (χ0) is 18.5. The minimum Gasteiger partial charge on any atom is -0.465 e. The van der Waals surface area contributed by atoms with Crippen LogP contribution < -0.4 is 5.69 Å². The molecule has 0 fully saturated rings. The number of nitrogens with zero attached hydrogens (tertiary/aromatic N) is 3. The number of thioether (sulfide) groups is 1. The number of hydrogen-bond acceptors (Lipinski definition) is 7. The summed E-state index contributed by atoms with van der Waals surface area (Å²) in [7, 11) is 1.36. The Labute approximate surface area is 158 Å². The number of ether oxygens (including phenoxy) is 1. The summed E-state index contributed by atoms with van der Waals surface area (Å²) >= 11 is 3.02. The average molecular weight is 390 g/mol. The Kier molecular flexibility index (Phi) is 5.89. The lowest BCUT2D eigenvalue weighted by Crippen LogP contribution is -2.17. The molecule has 0 bridgehead atoms. The number of rotatable bonds is 7. The molecule has 0 saturated carbocycles. The highest BCUT2D eigenvalue weighted by Gasteiger charge is 2.11. The molecule has 3 aromatic rings. The first-order chi connectivity index (χ1) is 12.6. The quantitative estimate of drug-likeness (QED) is 0.492. The standard InChI is InChI=1S/C17H18N4O3S2/c1-3-8-21-16(23)19-20-17(21)26-10-13-9-25-14(18-13)11-4-6-12(7-5-11)15(22)24-2/h4-7,9H,3,8,10H2,1-2H3,(H,19,23). The number of aromatic nitrogens is 4. The van der Waals surface area contributed by atoms with Crippen LogP contribution in [0.25, 0.3) is 10.6 Å². The van der Waals surface area contributed by atoms with Gasteiger partial charge in [0, 0.05) is 23.2 Å². The largest absolute Gasteiger partial charge is 0.465 e. The van der Waals surface area contributed by atoms with E-state index in [4.69, 9.17) is 4.74 Å². The van der Waals surface area contributed by atoms with Gasteiger partial charge < -0.3 is 4.74 Å². The summed E-state index contributed by atoms with van der Waals surface area (Å²) < 4.78 is 6.34. The highest BCUT2D eigenvalue weighted by atomic mass is 32.2. The van der Waals surface area contributed by atoms with E-state index in [1.54, 1.807) is 28.0 Å². The van der Waals surface area contributed by atoms with Gasteiger partial charge in [0.2, 0.25) is 0 Å². The fourth-order valence-electron chi connectivity index (χ4n) is 2.35. The molecule has 0 aliphatic rings. The van der Waals surface area contributed by atoms with Crippen LogP contribution >= 0.6 is 23.1 Å². The van der Waals surface area contributed by atoms with Gasteiger partial charge in [-0.25, -0.2) is 19.7 Å². The molecular formula is C17H18N4O3S2. The molecule has 0 radical (unpaired) electrons. The average Bonchev–Trinajstić information content (AvgIpc) is 3.27. The summed E-state index contributed by atoms with van der Waals surface area (Å²) in [6.45, 7) is 2.67. The second kappa shape index (κ2) is 8.33. The number of methoxy groups -OCH3 is 1. The second-order valence-corrected chi connectivity index (χ2v) is 7.27. The van der Waals surface area contributed by atoms with Gasteiger partial charge in [0.1, 0.15) is 5.01 Å². The van der Waals surface area contributed by atoms with Gasteiger partial charge in [-0.1, -0.05) is 30.8 Å². The molecule has 9 heteroatoms. The van der Waals surface area contributed by atoms with Crippen LogP contribution in [0.5, 0.6) is 0 Å². The highest BCUT2D eigenvalue weighted by Crippen LogP contribution is 2.27. The minimum atomic E-state index is -0.357. The van der Waals surface area contributed by atoms with Gasteiger partial charge in [-0.15, -0.1) is 16.4 Å². The Balaban J connectivity index is 1.68. The van der Waals surface area contributed by atoms with Crippen LogP contribution in [0, 0.1) is 0 Å². The van der Waals surface area contributed by atoms with Crippen LogP contribution in [0.1, 0.15) is 29.4 Å². The predicted octanol–water partition coefficient (Wildman–Crippen LogP) is 3.18. The summed E-state index contributed by atoms with van der Waals surface area (Å²) in [5.41, 5.74) is 2.20. The lowest BCUT2D eigenvalue weighted by Gasteiger charge is -2.02. The molecule has 2 heterocycles. The molecule has 0 unspecified atom stereocenters. The van der Waals surface area contributed by atoms with E-state index in [0.29, 0.717) is 23.0 Å². The number of nitrogens with one attached hydrogen (secondary N) is 1. The Morgan fingerprint density at radius 3 is 2.81 bits per heavy atom. The van der Waals surface area contributed by atoms with Crippen molar-refractivity contribution in [2.24, 2.45) is 0 Å². The zero-order valence-corrected chi connectivity index (χ0v) is 16.0. The number of thiazole rings is 1. The molecule has 0 atom stereocenters. The van der Waals surface area contributed by atoms with Crippen molar-refractivity contribution in [1.29, 1.82) is 0 Å². The van der Waals surface area contributed by atoms with E-state index in [1.165, 1.54) is 18.9 Å². The molecular weight excluding hydrogens is 372 g/mol. The van der Waals surface area contributed by atoms with Crippen LogP contribution in [0.2, 0.25) is 0 Å². The normalized spacial score (nSPS) is 10.8. The number of carbonyl (C=O) groups is 1. The molecule has 2 aromatic heterocycles.